The molecule has 7 heteroatoms. The topological polar surface area (TPSA) is 54.9 Å². The van der Waals surface area contributed by atoms with Crippen LogP contribution >= 0.6 is 39.0 Å². The van der Waals surface area contributed by atoms with Crippen LogP contribution in [0, 0.1) is 0 Å². The number of carbonyl (C=O) groups is 1. The first-order valence-corrected chi connectivity index (χ1v) is 10.3. The number of unbranched alkanes of at least 4 members (excludes halogenated alkanes) is 1. The maximum atomic E-state index is 12.1. The van der Waals surface area contributed by atoms with E-state index in [1.54, 1.807) is 23.1 Å². The molecule has 1 aromatic carbocycles. The van der Waals surface area contributed by atoms with E-state index in [9.17, 15) is 4.79 Å². The van der Waals surface area contributed by atoms with Crippen LogP contribution < -0.4 is 5.32 Å². The molecular formula is C16H20BrN3OS2. The number of benzene rings is 1. The predicted octanol–water partition coefficient (Wildman–Crippen LogP) is 5.27. The van der Waals surface area contributed by atoms with Crippen LogP contribution in [0.15, 0.2) is 33.1 Å². The standard InChI is InChI=1S/C16H20BrN3OS2/c1-2-3-10-18-15-19-20-16(23-15)22-11-4-5-14(21)12-6-8-13(17)9-7-12/h6-9H,2-5,10-11H2,1H3,(H,18,19). The summed E-state index contributed by atoms with van der Waals surface area (Å²) in [5.74, 6) is 1.07. The third-order valence-corrected chi connectivity index (χ3v) is 5.78. The third-order valence-electron chi connectivity index (χ3n) is 3.15. The van der Waals surface area contributed by atoms with Crippen molar-refractivity contribution < 1.29 is 4.79 Å². The summed E-state index contributed by atoms with van der Waals surface area (Å²) >= 11 is 6.62. The Morgan fingerprint density at radius 1 is 1.26 bits per heavy atom. The molecule has 1 aromatic heterocycles. The average Bonchev–Trinajstić information content (AvgIpc) is 3.00. The highest BCUT2D eigenvalue weighted by Gasteiger charge is 2.07. The van der Waals surface area contributed by atoms with Crippen molar-refractivity contribution >= 4 is 49.9 Å². The first-order chi connectivity index (χ1) is 11.2. The number of Topliss-reactive ketones (excluding diaryl/α,β-unsaturated/α-hetero) is 1. The molecule has 0 amide bonds. The number of carbonyl (C=O) groups excluding carboxylic acids is 1. The lowest BCUT2D eigenvalue weighted by atomic mass is 10.1. The van der Waals surface area contributed by atoms with E-state index >= 15 is 0 Å². The molecule has 0 bridgehead atoms. The molecule has 0 aliphatic heterocycles. The molecule has 0 saturated heterocycles. The molecule has 1 heterocycles. The predicted molar refractivity (Wildman–Crippen MR) is 102 cm³/mol. The van der Waals surface area contributed by atoms with Crippen molar-refractivity contribution in [2.75, 3.05) is 17.6 Å². The Hall–Kier alpha value is -0.920. The van der Waals surface area contributed by atoms with Crippen LogP contribution in [0.2, 0.25) is 0 Å². The quantitative estimate of drug-likeness (QED) is 0.326. The molecule has 0 fully saturated rings. The van der Waals surface area contributed by atoms with Crippen LogP contribution in [-0.2, 0) is 0 Å². The zero-order chi connectivity index (χ0) is 16.5. The Morgan fingerprint density at radius 2 is 2.04 bits per heavy atom. The first-order valence-electron chi connectivity index (χ1n) is 7.68. The zero-order valence-electron chi connectivity index (χ0n) is 13.0. The van der Waals surface area contributed by atoms with Crippen LogP contribution in [0.25, 0.3) is 0 Å². The van der Waals surface area contributed by atoms with E-state index in [0.29, 0.717) is 6.42 Å². The van der Waals surface area contributed by atoms with Gasteiger partial charge in [-0.15, -0.1) is 10.2 Å². The molecule has 0 atom stereocenters. The van der Waals surface area contributed by atoms with Gasteiger partial charge in [0.05, 0.1) is 0 Å². The molecule has 124 valence electrons. The minimum Gasteiger partial charge on any atom is -0.360 e. The number of hydrogen-bond donors (Lipinski definition) is 1. The molecule has 0 aliphatic rings. The van der Waals surface area contributed by atoms with Gasteiger partial charge < -0.3 is 5.32 Å². The maximum Gasteiger partial charge on any atom is 0.206 e. The van der Waals surface area contributed by atoms with Gasteiger partial charge >= 0.3 is 0 Å². The lowest BCUT2D eigenvalue weighted by Crippen LogP contribution is -1.99. The molecule has 0 radical (unpaired) electrons. The molecule has 4 nitrogen and oxygen atoms in total. The van der Waals surface area contributed by atoms with E-state index < -0.39 is 0 Å². The van der Waals surface area contributed by atoms with Crippen LogP contribution in [0.1, 0.15) is 43.0 Å². The van der Waals surface area contributed by atoms with Gasteiger partial charge in [-0.3, -0.25) is 4.79 Å². The number of anilines is 1. The summed E-state index contributed by atoms with van der Waals surface area (Å²) in [6, 6.07) is 7.52. The van der Waals surface area contributed by atoms with Crippen molar-refractivity contribution in [3.05, 3.63) is 34.3 Å². The highest BCUT2D eigenvalue weighted by molar-refractivity contribution is 9.10. The molecule has 2 rings (SSSR count). The Morgan fingerprint density at radius 3 is 2.78 bits per heavy atom. The monoisotopic (exact) mass is 413 g/mol. The fourth-order valence-corrected chi connectivity index (χ4v) is 3.94. The van der Waals surface area contributed by atoms with Crippen molar-refractivity contribution in [2.45, 2.75) is 36.9 Å². The molecule has 1 N–H and O–H groups in total. The van der Waals surface area contributed by atoms with E-state index in [1.165, 1.54) is 6.42 Å². The summed E-state index contributed by atoms with van der Waals surface area (Å²) in [6.45, 7) is 3.11. The van der Waals surface area contributed by atoms with Gasteiger partial charge in [0, 0.05) is 28.8 Å². The fraction of sp³-hybridized carbons (Fsp3) is 0.438. The van der Waals surface area contributed by atoms with Gasteiger partial charge in [-0.25, -0.2) is 0 Å². The normalized spacial score (nSPS) is 10.7. The second-order valence-corrected chi connectivity index (χ2v) is 8.27. The Labute approximate surface area is 153 Å². The van der Waals surface area contributed by atoms with Crippen LogP contribution in [-0.4, -0.2) is 28.3 Å². The van der Waals surface area contributed by atoms with E-state index in [4.69, 9.17) is 0 Å². The molecule has 0 unspecified atom stereocenters. The Bertz CT molecular complexity index is 616. The second-order valence-electron chi connectivity index (χ2n) is 5.04. The second kappa shape index (κ2) is 10.1. The largest absolute Gasteiger partial charge is 0.360 e. The number of nitrogens with one attached hydrogen (secondary N) is 1. The van der Waals surface area contributed by atoms with Gasteiger partial charge in [0.2, 0.25) is 5.13 Å². The van der Waals surface area contributed by atoms with Gasteiger partial charge in [-0.2, -0.15) is 0 Å². The van der Waals surface area contributed by atoms with Crippen LogP contribution in [0.4, 0.5) is 5.13 Å². The number of nitrogens with zero attached hydrogens (tertiary/aromatic N) is 2. The third kappa shape index (κ3) is 6.61. The highest BCUT2D eigenvalue weighted by atomic mass is 79.9. The van der Waals surface area contributed by atoms with Gasteiger partial charge in [-0.1, -0.05) is 64.5 Å². The number of aromatic nitrogens is 2. The molecule has 23 heavy (non-hydrogen) atoms. The van der Waals surface area contributed by atoms with E-state index in [2.05, 4.69) is 38.4 Å². The van der Waals surface area contributed by atoms with Gasteiger partial charge in [0.25, 0.3) is 0 Å². The number of halogens is 1. The number of hydrogen-bond acceptors (Lipinski definition) is 6. The molecule has 0 spiro atoms. The SMILES string of the molecule is CCCCNc1nnc(SCCCC(=O)c2ccc(Br)cc2)s1. The van der Waals surface area contributed by atoms with Crippen LogP contribution in [0.3, 0.4) is 0 Å². The van der Waals surface area contributed by atoms with Crippen LogP contribution in [0.5, 0.6) is 0 Å². The fourth-order valence-electron chi connectivity index (χ4n) is 1.88. The van der Waals surface area contributed by atoms with Gasteiger partial charge in [-0.05, 0) is 25.0 Å². The lowest BCUT2D eigenvalue weighted by Gasteiger charge is -2.01. The number of thioether (sulfide) groups is 1. The summed E-state index contributed by atoms with van der Waals surface area (Å²) in [4.78, 5) is 12.1. The van der Waals surface area contributed by atoms with Gasteiger partial charge in [0.1, 0.15) is 0 Å². The smallest absolute Gasteiger partial charge is 0.206 e. The van der Waals surface area contributed by atoms with E-state index in [0.717, 1.165) is 44.6 Å². The minimum absolute atomic E-state index is 0.192. The van der Waals surface area contributed by atoms with Crippen molar-refractivity contribution in [2.24, 2.45) is 0 Å². The zero-order valence-corrected chi connectivity index (χ0v) is 16.3. The summed E-state index contributed by atoms with van der Waals surface area (Å²) in [5, 5.41) is 12.4. The lowest BCUT2D eigenvalue weighted by molar-refractivity contribution is 0.0982. The Balaban J connectivity index is 1.67. The number of ketones is 1. The van der Waals surface area contributed by atoms with E-state index in [1.807, 2.05) is 24.3 Å². The average molecular weight is 414 g/mol. The minimum atomic E-state index is 0.192. The molecule has 0 saturated carbocycles. The van der Waals surface area contributed by atoms with Crippen molar-refractivity contribution in [3.8, 4) is 0 Å². The van der Waals surface area contributed by atoms with Crippen molar-refractivity contribution in [1.82, 2.24) is 10.2 Å². The Kier molecular flexibility index (Phi) is 8.05. The summed E-state index contributed by atoms with van der Waals surface area (Å²) < 4.78 is 1.95. The summed E-state index contributed by atoms with van der Waals surface area (Å²) in [5.41, 5.74) is 0.775. The van der Waals surface area contributed by atoms with Crippen molar-refractivity contribution in [1.29, 1.82) is 0 Å². The maximum absolute atomic E-state index is 12.1. The van der Waals surface area contributed by atoms with E-state index in [-0.39, 0.29) is 5.78 Å². The van der Waals surface area contributed by atoms with Crippen molar-refractivity contribution in [3.63, 3.8) is 0 Å². The first kappa shape index (κ1) is 18.4. The summed E-state index contributed by atoms with van der Waals surface area (Å²) in [6.07, 6.45) is 3.72. The number of rotatable bonds is 10. The molecule has 2 aromatic rings. The molecular weight excluding hydrogens is 394 g/mol. The summed E-state index contributed by atoms with van der Waals surface area (Å²) in [7, 11) is 0. The molecule has 0 aliphatic carbocycles. The highest BCUT2D eigenvalue weighted by Crippen LogP contribution is 2.26. The van der Waals surface area contributed by atoms with Gasteiger partial charge in [0.15, 0.2) is 10.1 Å².